The molecule has 0 bridgehead atoms. The lowest BCUT2D eigenvalue weighted by atomic mass is 10.1. The van der Waals surface area contributed by atoms with Crippen molar-refractivity contribution < 1.29 is 4.42 Å². The minimum absolute atomic E-state index is 0.475. The Balaban J connectivity index is 1.46. The third-order valence-corrected chi connectivity index (χ3v) is 5.40. The Hall–Kier alpha value is -2.67. The van der Waals surface area contributed by atoms with Crippen molar-refractivity contribution in [3.8, 4) is 11.5 Å². The topological polar surface area (TPSA) is 75.3 Å². The van der Waals surface area contributed by atoms with Crippen molar-refractivity contribution >= 4 is 17.3 Å². The molecule has 0 spiro atoms. The molecule has 0 fully saturated rings. The Morgan fingerprint density at radius 2 is 1.93 bits per heavy atom. The number of aliphatic imine (C=N–C) groups is 1. The Labute approximate surface area is 176 Å². The zero-order valence-electron chi connectivity index (χ0n) is 17.4. The fourth-order valence-corrected chi connectivity index (χ4v) is 3.65. The Morgan fingerprint density at radius 1 is 1.10 bits per heavy atom. The maximum atomic E-state index is 5.61. The lowest BCUT2D eigenvalue weighted by Gasteiger charge is -2.10. The van der Waals surface area contributed by atoms with Crippen LogP contribution in [0.1, 0.15) is 41.7 Å². The van der Waals surface area contributed by atoms with E-state index in [0.29, 0.717) is 12.4 Å². The minimum Gasteiger partial charge on any atom is -0.444 e. The normalized spacial score (nSPS) is 11.6. The molecule has 2 heterocycles. The highest BCUT2D eigenvalue weighted by molar-refractivity contribution is 7.09. The quantitative estimate of drug-likeness (QED) is 0.308. The van der Waals surface area contributed by atoms with Crippen LogP contribution < -0.4 is 10.6 Å². The van der Waals surface area contributed by atoms with Gasteiger partial charge in [-0.25, -0.2) is 15.0 Å². The van der Waals surface area contributed by atoms with E-state index in [9.17, 15) is 0 Å². The molecule has 0 radical (unpaired) electrons. The van der Waals surface area contributed by atoms with Gasteiger partial charge >= 0.3 is 0 Å². The van der Waals surface area contributed by atoms with Crippen LogP contribution in [0.15, 0.2) is 45.3 Å². The molecule has 0 saturated carbocycles. The number of unbranched alkanes of at least 4 members (excludes halogenated alkanes) is 1. The fraction of sp³-hybridized carbons (Fsp3) is 0.409. The summed E-state index contributed by atoms with van der Waals surface area (Å²) in [5, 5.41) is 10.00. The van der Waals surface area contributed by atoms with Gasteiger partial charge in [0.2, 0.25) is 5.89 Å². The summed E-state index contributed by atoms with van der Waals surface area (Å²) in [7, 11) is 0. The summed E-state index contributed by atoms with van der Waals surface area (Å²) in [6.07, 6.45) is 4.90. The van der Waals surface area contributed by atoms with Gasteiger partial charge in [0.15, 0.2) is 5.96 Å². The maximum absolute atomic E-state index is 5.61. The van der Waals surface area contributed by atoms with Gasteiger partial charge in [0.1, 0.15) is 12.0 Å². The maximum Gasteiger partial charge on any atom is 0.226 e. The summed E-state index contributed by atoms with van der Waals surface area (Å²) in [6, 6.07) is 8.15. The zero-order valence-corrected chi connectivity index (χ0v) is 18.2. The van der Waals surface area contributed by atoms with Gasteiger partial charge < -0.3 is 15.1 Å². The van der Waals surface area contributed by atoms with Crippen molar-refractivity contribution in [2.75, 3.05) is 13.1 Å². The number of aromatic nitrogens is 2. The summed E-state index contributed by atoms with van der Waals surface area (Å²) in [5.41, 5.74) is 4.12. The first kappa shape index (κ1) is 21.0. The van der Waals surface area contributed by atoms with Crippen molar-refractivity contribution in [3.63, 3.8) is 0 Å². The first-order valence-corrected chi connectivity index (χ1v) is 11.0. The van der Waals surface area contributed by atoms with Crippen LogP contribution in [0.25, 0.3) is 11.5 Å². The molecule has 7 heteroatoms. The van der Waals surface area contributed by atoms with E-state index in [-0.39, 0.29) is 0 Å². The predicted octanol–water partition coefficient (Wildman–Crippen LogP) is 4.49. The van der Waals surface area contributed by atoms with E-state index in [0.717, 1.165) is 55.3 Å². The van der Waals surface area contributed by atoms with Gasteiger partial charge in [-0.15, -0.1) is 11.3 Å². The molecular weight excluding hydrogens is 382 g/mol. The number of rotatable bonds is 9. The first-order valence-electron chi connectivity index (χ1n) is 10.1. The second-order valence-corrected chi connectivity index (χ2v) is 7.91. The summed E-state index contributed by atoms with van der Waals surface area (Å²) in [6.45, 7) is 8.34. The number of hydrogen-bond acceptors (Lipinski definition) is 5. The van der Waals surface area contributed by atoms with Gasteiger partial charge in [-0.2, -0.15) is 0 Å². The van der Waals surface area contributed by atoms with Crippen LogP contribution in [0.2, 0.25) is 0 Å². The summed E-state index contributed by atoms with van der Waals surface area (Å²) >= 11 is 1.75. The van der Waals surface area contributed by atoms with E-state index in [4.69, 9.17) is 4.42 Å². The minimum atomic E-state index is 0.475. The molecule has 0 aliphatic carbocycles. The summed E-state index contributed by atoms with van der Waals surface area (Å²) in [5.74, 6) is 1.43. The fourth-order valence-electron chi connectivity index (χ4n) is 2.84. The average molecular weight is 412 g/mol. The van der Waals surface area contributed by atoms with E-state index in [2.05, 4.69) is 57.0 Å². The smallest absolute Gasteiger partial charge is 0.226 e. The summed E-state index contributed by atoms with van der Waals surface area (Å²) in [4.78, 5) is 13.7. The molecule has 29 heavy (non-hydrogen) atoms. The van der Waals surface area contributed by atoms with E-state index >= 15 is 0 Å². The molecule has 2 aromatic heterocycles. The zero-order chi connectivity index (χ0) is 20.5. The van der Waals surface area contributed by atoms with Crippen LogP contribution in [-0.2, 0) is 13.0 Å². The molecule has 3 rings (SSSR count). The molecule has 1 aromatic carbocycles. The van der Waals surface area contributed by atoms with Crippen LogP contribution >= 0.6 is 11.3 Å². The Kier molecular flexibility index (Phi) is 7.81. The van der Waals surface area contributed by atoms with E-state index in [1.807, 2.05) is 19.1 Å². The highest BCUT2D eigenvalue weighted by Gasteiger charge is 2.07. The molecule has 0 amide bonds. The molecule has 0 saturated heterocycles. The SMILES string of the molecule is CCNC(=NCc1coc(-c2ccc(C)cc2)n1)NCCCCc1nc(C)cs1. The summed E-state index contributed by atoms with van der Waals surface area (Å²) < 4.78 is 5.61. The van der Waals surface area contributed by atoms with Gasteiger partial charge in [-0.05, 0) is 52.2 Å². The predicted molar refractivity (Wildman–Crippen MR) is 119 cm³/mol. The molecule has 0 aliphatic rings. The molecule has 0 unspecified atom stereocenters. The Bertz CT molecular complexity index is 913. The molecule has 154 valence electrons. The second-order valence-electron chi connectivity index (χ2n) is 6.97. The van der Waals surface area contributed by atoms with Crippen LogP contribution in [0.4, 0.5) is 0 Å². The van der Waals surface area contributed by atoms with Gasteiger partial charge in [0.25, 0.3) is 0 Å². The van der Waals surface area contributed by atoms with Crippen LogP contribution in [0, 0.1) is 13.8 Å². The number of hydrogen-bond donors (Lipinski definition) is 2. The number of benzene rings is 1. The lowest BCUT2D eigenvalue weighted by molar-refractivity contribution is 0.572. The molecule has 0 atom stereocenters. The molecule has 6 nitrogen and oxygen atoms in total. The molecular formula is C22H29N5OS. The number of thiazole rings is 1. The Morgan fingerprint density at radius 3 is 2.66 bits per heavy atom. The van der Waals surface area contributed by atoms with E-state index in [1.165, 1.54) is 10.6 Å². The van der Waals surface area contributed by atoms with E-state index < -0.39 is 0 Å². The monoisotopic (exact) mass is 411 g/mol. The number of oxazole rings is 1. The third-order valence-electron chi connectivity index (χ3n) is 4.37. The van der Waals surface area contributed by atoms with Crippen LogP contribution in [-0.4, -0.2) is 29.0 Å². The lowest BCUT2D eigenvalue weighted by Crippen LogP contribution is -2.37. The van der Waals surface area contributed by atoms with Crippen molar-refractivity contribution in [3.05, 3.63) is 57.9 Å². The van der Waals surface area contributed by atoms with Gasteiger partial charge in [-0.3, -0.25) is 0 Å². The number of aryl methyl sites for hydroxylation is 3. The number of nitrogens with zero attached hydrogens (tertiary/aromatic N) is 3. The van der Waals surface area contributed by atoms with Gasteiger partial charge in [0.05, 0.1) is 11.6 Å². The third kappa shape index (κ3) is 6.71. The highest BCUT2D eigenvalue weighted by Crippen LogP contribution is 2.19. The van der Waals surface area contributed by atoms with Crippen LogP contribution in [0.3, 0.4) is 0 Å². The molecule has 0 aliphatic heterocycles. The van der Waals surface area contributed by atoms with Crippen LogP contribution in [0.5, 0.6) is 0 Å². The first-order chi connectivity index (χ1) is 14.1. The van der Waals surface area contributed by atoms with Gasteiger partial charge in [-0.1, -0.05) is 17.7 Å². The van der Waals surface area contributed by atoms with Crippen molar-refractivity contribution in [2.45, 2.75) is 46.6 Å². The number of nitrogens with one attached hydrogen (secondary N) is 2. The largest absolute Gasteiger partial charge is 0.444 e. The van der Waals surface area contributed by atoms with E-state index in [1.54, 1.807) is 17.6 Å². The van der Waals surface area contributed by atoms with Crippen molar-refractivity contribution in [1.82, 2.24) is 20.6 Å². The standard InChI is InChI=1S/C22H29N5OS/c1-4-23-22(24-12-6-5-7-20-26-17(3)15-29-20)25-13-19-14-28-21(27-19)18-10-8-16(2)9-11-18/h8-11,14-15H,4-7,12-13H2,1-3H3,(H2,23,24,25). The molecule has 2 N–H and O–H groups in total. The molecule has 3 aromatic rings. The average Bonchev–Trinajstić information content (AvgIpc) is 3.35. The van der Waals surface area contributed by atoms with Gasteiger partial charge in [0, 0.05) is 29.7 Å². The van der Waals surface area contributed by atoms with Crippen molar-refractivity contribution in [1.29, 1.82) is 0 Å². The number of guanidine groups is 1. The van der Waals surface area contributed by atoms with Crippen molar-refractivity contribution in [2.24, 2.45) is 4.99 Å². The highest BCUT2D eigenvalue weighted by atomic mass is 32.1. The second kappa shape index (κ2) is 10.8.